The monoisotopic (exact) mass is 303 g/mol. The highest BCUT2D eigenvalue weighted by Gasteiger charge is 2.24. The number of carbonyl (C=O) groups excluding carboxylic acids is 1. The highest BCUT2D eigenvalue weighted by Crippen LogP contribution is 2.31. The summed E-state index contributed by atoms with van der Waals surface area (Å²) in [4.78, 5) is 14.8. The first-order valence-corrected chi connectivity index (χ1v) is 7.63. The third kappa shape index (κ3) is 2.77. The Morgan fingerprint density at radius 2 is 1.95 bits per heavy atom. The number of nitrogens with two attached hydrogens (primary N) is 1. The summed E-state index contributed by atoms with van der Waals surface area (Å²) in [7, 11) is 0. The second kappa shape index (κ2) is 5.83. The average Bonchev–Trinajstić information content (AvgIpc) is 2.90. The number of ether oxygens (including phenoxy) is 1. The lowest BCUT2D eigenvalue weighted by atomic mass is 10.1. The van der Waals surface area contributed by atoms with Gasteiger partial charge in [-0.25, -0.2) is 0 Å². The van der Waals surface area contributed by atoms with Gasteiger partial charge < -0.3 is 15.4 Å². The van der Waals surface area contributed by atoms with Gasteiger partial charge in [0.15, 0.2) is 0 Å². The SMILES string of the molecule is Cc1ccc(-c2nsc(C(=O)N3CCOCC3)c2N)cc1. The van der Waals surface area contributed by atoms with Crippen LogP contribution in [0.5, 0.6) is 0 Å². The molecule has 1 fully saturated rings. The molecule has 0 aliphatic carbocycles. The van der Waals surface area contributed by atoms with Gasteiger partial charge in [-0.2, -0.15) is 4.37 Å². The van der Waals surface area contributed by atoms with Gasteiger partial charge in [0, 0.05) is 18.7 Å². The molecule has 1 aromatic heterocycles. The molecule has 1 aliphatic rings. The van der Waals surface area contributed by atoms with Gasteiger partial charge in [0.2, 0.25) is 0 Å². The number of nitrogens with zero attached hydrogens (tertiary/aromatic N) is 2. The molecule has 1 aliphatic heterocycles. The van der Waals surface area contributed by atoms with Gasteiger partial charge in [0.1, 0.15) is 10.6 Å². The van der Waals surface area contributed by atoms with E-state index in [0.717, 1.165) is 5.56 Å². The molecule has 6 heteroatoms. The van der Waals surface area contributed by atoms with E-state index in [2.05, 4.69) is 4.37 Å². The van der Waals surface area contributed by atoms with Crippen LogP contribution in [0.1, 0.15) is 15.2 Å². The third-order valence-electron chi connectivity index (χ3n) is 3.55. The predicted octanol–water partition coefficient (Wildman–Crippen LogP) is 2.17. The van der Waals surface area contributed by atoms with Crippen LogP contribution in [0.4, 0.5) is 5.69 Å². The van der Waals surface area contributed by atoms with Crippen molar-refractivity contribution in [2.45, 2.75) is 6.92 Å². The fourth-order valence-corrected chi connectivity index (χ4v) is 3.07. The number of aryl methyl sites for hydroxylation is 1. The number of hydrogen-bond acceptors (Lipinski definition) is 5. The first-order valence-electron chi connectivity index (χ1n) is 6.86. The van der Waals surface area contributed by atoms with Gasteiger partial charge in [0.05, 0.1) is 18.9 Å². The van der Waals surface area contributed by atoms with Crippen molar-refractivity contribution in [1.82, 2.24) is 9.27 Å². The zero-order chi connectivity index (χ0) is 14.8. The number of carbonyl (C=O) groups is 1. The fraction of sp³-hybridized carbons (Fsp3) is 0.333. The van der Waals surface area contributed by atoms with Gasteiger partial charge in [-0.3, -0.25) is 4.79 Å². The maximum absolute atomic E-state index is 12.5. The van der Waals surface area contributed by atoms with E-state index in [4.69, 9.17) is 10.5 Å². The standard InChI is InChI=1S/C15H17N3O2S/c1-10-2-4-11(5-3-10)13-12(16)14(21-17-13)15(19)18-6-8-20-9-7-18/h2-5H,6-9,16H2,1H3. The zero-order valence-electron chi connectivity index (χ0n) is 11.8. The molecule has 1 saturated heterocycles. The van der Waals surface area contributed by atoms with Crippen LogP contribution in [0.15, 0.2) is 24.3 Å². The Kier molecular flexibility index (Phi) is 3.90. The maximum atomic E-state index is 12.5. The lowest BCUT2D eigenvalue weighted by molar-refractivity contribution is 0.0307. The summed E-state index contributed by atoms with van der Waals surface area (Å²) >= 11 is 1.17. The van der Waals surface area contributed by atoms with Gasteiger partial charge >= 0.3 is 0 Å². The van der Waals surface area contributed by atoms with Crippen molar-refractivity contribution in [2.75, 3.05) is 32.0 Å². The Hall–Kier alpha value is -1.92. The smallest absolute Gasteiger partial charge is 0.267 e. The number of morpholine rings is 1. The van der Waals surface area contributed by atoms with Crippen LogP contribution in [0.2, 0.25) is 0 Å². The molecule has 2 N–H and O–H groups in total. The zero-order valence-corrected chi connectivity index (χ0v) is 12.7. The quantitative estimate of drug-likeness (QED) is 0.923. The number of nitrogen functional groups attached to an aromatic ring is 1. The largest absolute Gasteiger partial charge is 0.396 e. The highest BCUT2D eigenvalue weighted by atomic mass is 32.1. The maximum Gasteiger partial charge on any atom is 0.267 e. The van der Waals surface area contributed by atoms with Gasteiger partial charge in [0.25, 0.3) is 5.91 Å². The highest BCUT2D eigenvalue weighted by molar-refractivity contribution is 7.09. The van der Waals surface area contributed by atoms with Crippen molar-refractivity contribution in [3.05, 3.63) is 34.7 Å². The molecule has 2 aromatic rings. The van der Waals surface area contributed by atoms with Gasteiger partial charge in [-0.15, -0.1) is 0 Å². The Balaban J connectivity index is 1.88. The number of anilines is 1. The molecular weight excluding hydrogens is 286 g/mol. The van der Waals surface area contributed by atoms with Crippen molar-refractivity contribution in [1.29, 1.82) is 0 Å². The van der Waals surface area contributed by atoms with Gasteiger partial charge in [-0.05, 0) is 18.5 Å². The molecule has 3 rings (SSSR count). The summed E-state index contributed by atoms with van der Waals surface area (Å²) in [5, 5.41) is 0. The van der Waals surface area contributed by atoms with E-state index in [1.807, 2.05) is 31.2 Å². The minimum atomic E-state index is -0.0494. The second-order valence-electron chi connectivity index (χ2n) is 5.04. The number of aromatic nitrogens is 1. The van der Waals surface area contributed by atoms with Crippen molar-refractivity contribution in [3.63, 3.8) is 0 Å². The van der Waals surface area contributed by atoms with Crippen LogP contribution in [0.25, 0.3) is 11.3 Å². The minimum absolute atomic E-state index is 0.0494. The lowest BCUT2D eigenvalue weighted by Crippen LogP contribution is -2.40. The van der Waals surface area contributed by atoms with E-state index in [-0.39, 0.29) is 5.91 Å². The predicted molar refractivity (Wildman–Crippen MR) is 83.4 cm³/mol. The Bertz CT molecular complexity index is 645. The molecule has 1 aromatic carbocycles. The third-order valence-corrected chi connectivity index (χ3v) is 4.40. The van der Waals surface area contributed by atoms with E-state index in [0.29, 0.717) is 42.6 Å². The van der Waals surface area contributed by atoms with E-state index >= 15 is 0 Å². The van der Waals surface area contributed by atoms with Crippen molar-refractivity contribution in [2.24, 2.45) is 0 Å². The molecule has 21 heavy (non-hydrogen) atoms. The summed E-state index contributed by atoms with van der Waals surface area (Å²) in [6.45, 7) is 4.40. The topological polar surface area (TPSA) is 68.5 Å². The molecule has 0 unspecified atom stereocenters. The number of hydrogen-bond donors (Lipinski definition) is 1. The first kappa shape index (κ1) is 14.0. The number of rotatable bonds is 2. The van der Waals surface area contributed by atoms with Crippen LogP contribution in [-0.2, 0) is 4.74 Å². The molecular formula is C15H17N3O2S. The summed E-state index contributed by atoms with van der Waals surface area (Å²) in [5.74, 6) is -0.0494. The Labute approximate surface area is 127 Å². The van der Waals surface area contributed by atoms with Crippen LogP contribution >= 0.6 is 11.5 Å². The molecule has 0 saturated carbocycles. The molecule has 0 radical (unpaired) electrons. The molecule has 2 heterocycles. The Morgan fingerprint density at radius 3 is 2.62 bits per heavy atom. The molecule has 0 atom stereocenters. The molecule has 1 amide bonds. The van der Waals surface area contributed by atoms with Crippen LogP contribution < -0.4 is 5.73 Å². The normalized spacial score (nSPS) is 15.2. The van der Waals surface area contributed by atoms with Crippen LogP contribution in [-0.4, -0.2) is 41.5 Å². The van der Waals surface area contributed by atoms with Crippen molar-refractivity contribution < 1.29 is 9.53 Å². The van der Waals surface area contributed by atoms with Gasteiger partial charge in [-0.1, -0.05) is 29.8 Å². The second-order valence-corrected chi connectivity index (χ2v) is 5.82. The molecule has 0 bridgehead atoms. The average molecular weight is 303 g/mol. The van der Waals surface area contributed by atoms with Crippen LogP contribution in [0.3, 0.4) is 0 Å². The van der Waals surface area contributed by atoms with Crippen molar-refractivity contribution >= 4 is 23.1 Å². The van der Waals surface area contributed by atoms with Crippen molar-refractivity contribution in [3.8, 4) is 11.3 Å². The minimum Gasteiger partial charge on any atom is -0.396 e. The lowest BCUT2D eigenvalue weighted by Gasteiger charge is -2.26. The van der Waals surface area contributed by atoms with E-state index < -0.39 is 0 Å². The summed E-state index contributed by atoms with van der Waals surface area (Å²) in [5.41, 5.74) is 9.43. The van der Waals surface area contributed by atoms with Crippen LogP contribution in [0, 0.1) is 6.92 Å². The number of benzene rings is 1. The summed E-state index contributed by atoms with van der Waals surface area (Å²) < 4.78 is 9.63. The number of amides is 1. The molecule has 110 valence electrons. The summed E-state index contributed by atoms with van der Waals surface area (Å²) in [6, 6.07) is 7.97. The fourth-order valence-electron chi connectivity index (χ4n) is 2.28. The van der Waals surface area contributed by atoms with E-state index in [9.17, 15) is 4.79 Å². The molecule has 0 spiro atoms. The first-order chi connectivity index (χ1) is 10.2. The summed E-state index contributed by atoms with van der Waals surface area (Å²) in [6.07, 6.45) is 0. The Morgan fingerprint density at radius 1 is 1.29 bits per heavy atom. The van der Waals surface area contributed by atoms with E-state index in [1.165, 1.54) is 17.1 Å². The molecule has 5 nitrogen and oxygen atoms in total. The van der Waals surface area contributed by atoms with E-state index in [1.54, 1.807) is 4.90 Å².